The molecule has 1 aromatic carbocycles. The minimum atomic E-state index is 0.205. The molecule has 0 spiro atoms. The van der Waals surface area contributed by atoms with Crippen LogP contribution in [-0.4, -0.2) is 12.1 Å². The van der Waals surface area contributed by atoms with Crippen LogP contribution in [0.4, 0.5) is 0 Å². The Bertz CT molecular complexity index is 421. The Morgan fingerprint density at radius 3 is 2.67 bits per heavy atom. The first-order valence-corrected chi connectivity index (χ1v) is 7.26. The van der Waals surface area contributed by atoms with Crippen LogP contribution in [0.3, 0.4) is 0 Å². The number of halogens is 1. The summed E-state index contributed by atoms with van der Waals surface area (Å²) in [5.74, 6) is 0.750. The molecule has 1 aliphatic carbocycles. The van der Waals surface area contributed by atoms with Crippen LogP contribution >= 0.6 is 11.6 Å². The fraction of sp³-hybridized carbons (Fsp3) is 0.625. The average Bonchev–Trinajstić information content (AvgIpc) is 3.00. The topological polar surface area (TPSA) is 12.0 Å². The van der Waals surface area contributed by atoms with Gasteiger partial charge in [0.25, 0.3) is 0 Å². The SMILES string of the molecule is CCC1(c2cccc(Cl)c2)CC1CNC(C)(C)C. The van der Waals surface area contributed by atoms with Crippen molar-refractivity contribution in [1.82, 2.24) is 5.32 Å². The minimum absolute atomic E-state index is 0.205. The molecular weight excluding hydrogens is 242 g/mol. The van der Waals surface area contributed by atoms with Crippen molar-refractivity contribution in [2.75, 3.05) is 6.54 Å². The molecule has 1 nitrogen and oxygen atoms in total. The summed E-state index contributed by atoms with van der Waals surface area (Å²) in [6.07, 6.45) is 2.48. The van der Waals surface area contributed by atoms with E-state index in [2.05, 4.69) is 51.2 Å². The van der Waals surface area contributed by atoms with Gasteiger partial charge in [0.05, 0.1) is 0 Å². The lowest BCUT2D eigenvalue weighted by Crippen LogP contribution is -2.38. The number of rotatable bonds is 4. The summed E-state index contributed by atoms with van der Waals surface area (Å²) < 4.78 is 0. The second-order valence-corrected chi connectivity index (χ2v) is 6.99. The average molecular weight is 266 g/mol. The number of nitrogens with one attached hydrogen (secondary N) is 1. The van der Waals surface area contributed by atoms with Gasteiger partial charge in [-0.1, -0.05) is 30.7 Å². The molecule has 1 aliphatic rings. The Balaban J connectivity index is 2.07. The highest BCUT2D eigenvalue weighted by Gasteiger charge is 2.53. The molecule has 0 radical (unpaired) electrons. The minimum Gasteiger partial charge on any atom is -0.312 e. The van der Waals surface area contributed by atoms with Gasteiger partial charge in [-0.05, 0) is 69.2 Å². The van der Waals surface area contributed by atoms with E-state index in [1.165, 1.54) is 18.4 Å². The van der Waals surface area contributed by atoms with E-state index in [0.717, 1.165) is 17.5 Å². The highest BCUT2D eigenvalue weighted by atomic mass is 35.5. The maximum absolute atomic E-state index is 6.12. The molecule has 100 valence electrons. The van der Waals surface area contributed by atoms with Crippen molar-refractivity contribution in [3.8, 4) is 0 Å². The summed E-state index contributed by atoms with van der Waals surface area (Å²) >= 11 is 6.12. The highest BCUT2D eigenvalue weighted by Crippen LogP contribution is 2.56. The van der Waals surface area contributed by atoms with Crippen LogP contribution in [0.15, 0.2) is 24.3 Å². The van der Waals surface area contributed by atoms with Crippen LogP contribution < -0.4 is 5.32 Å². The van der Waals surface area contributed by atoms with Crippen molar-refractivity contribution in [1.29, 1.82) is 0 Å². The molecular formula is C16H24ClN. The van der Waals surface area contributed by atoms with Crippen molar-refractivity contribution < 1.29 is 0 Å². The molecule has 1 saturated carbocycles. The van der Waals surface area contributed by atoms with E-state index in [9.17, 15) is 0 Å². The van der Waals surface area contributed by atoms with Crippen molar-refractivity contribution in [2.24, 2.45) is 5.92 Å². The normalized spacial score (nSPS) is 27.3. The number of hydrogen-bond donors (Lipinski definition) is 1. The Morgan fingerprint density at radius 1 is 1.39 bits per heavy atom. The summed E-state index contributed by atoms with van der Waals surface area (Å²) in [5.41, 5.74) is 1.98. The summed E-state index contributed by atoms with van der Waals surface area (Å²) in [5, 5.41) is 4.48. The van der Waals surface area contributed by atoms with Gasteiger partial charge in [-0.15, -0.1) is 0 Å². The molecule has 1 fully saturated rings. The first-order valence-electron chi connectivity index (χ1n) is 6.88. The third-order valence-electron chi connectivity index (χ3n) is 4.14. The zero-order valence-corrected chi connectivity index (χ0v) is 12.6. The molecule has 2 heteroatoms. The molecule has 1 aromatic rings. The van der Waals surface area contributed by atoms with E-state index >= 15 is 0 Å². The smallest absolute Gasteiger partial charge is 0.0408 e. The Hall–Kier alpha value is -0.530. The first-order chi connectivity index (χ1) is 8.37. The lowest BCUT2D eigenvalue weighted by molar-refractivity contribution is 0.401. The number of benzene rings is 1. The standard InChI is InChI=1S/C16H24ClN/c1-5-16(12-7-6-8-14(17)9-12)10-13(16)11-18-15(2,3)4/h6-9,13,18H,5,10-11H2,1-4H3. The van der Waals surface area contributed by atoms with Crippen molar-refractivity contribution in [2.45, 2.75) is 51.5 Å². The predicted octanol–water partition coefficient (Wildman–Crippen LogP) is 4.40. The van der Waals surface area contributed by atoms with Crippen LogP contribution in [0.25, 0.3) is 0 Å². The van der Waals surface area contributed by atoms with Crippen LogP contribution in [0, 0.1) is 5.92 Å². The fourth-order valence-electron chi connectivity index (χ4n) is 2.87. The summed E-state index contributed by atoms with van der Waals surface area (Å²) in [6.45, 7) is 10.1. The predicted molar refractivity (Wildman–Crippen MR) is 79.3 cm³/mol. The third-order valence-corrected chi connectivity index (χ3v) is 4.38. The zero-order valence-electron chi connectivity index (χ0n) is 11.9. The first kappa shape index (κ1) is 13.9. The van der Waals surface area contributed by atoms with Gasteiger partial charge in [-0.3, -0.25) is 0 Å². The van der Waals surface area contributed by atoms with Gasteiger partial charge in [-0.25, -0.2) is 0 Å². The van der Waals surface area contributed by atoms with Crippen LogP contribution in [-0.2, 0) is 5.41 Å². The molecule has 0 aromatic heterocycles. The highest BCUT2D eigenvalue weighted by molar-refractivity contribution is 6.30. The van der Waals surface area contributed by atoms with Crippen LogP contribution in [0.1, 0.15) is 46.1 Å². The van der Waals surface area contributed by atoms with E-state index in [4.69, 9.17) is 11.6 Å². The Kier molecular flexibility index (Phi) is 3.75. The molecule has 2 unspecified atom stereocenters. The molecule has 0 bridgehead atoms. The van der Waals surface area contributed by atoms with E-state index < -0.39 is 0 Å². The summed E-state index contributed by atoms with van der Waals surface area (Å²) in [7, 11) is 0. The van der Waals surface area contributed by atoms with E-state index in [0.29, 0.717) is 5.41 Å². The third kappa shape index (κ3) is 2.89. The monoisotopic (exact) mass is 265 g/mol. The second-order valence-electron chi connectivity index (χ2n) is 6.55. The van der Waals surface area contributed by atoms with Gasteiger partial charge >= 0.3 is 0 Å². The molecule has 0 amide bonds. The largest absolute Gasteiger partial charge is 0.312 e. The van der Waals surface area contributed by atoms with Gasteiger partial charge in [0.15, 0.2) is 0 Å². The van der Waals surface area contributed by atoms with Gasteiger partial charge in [-0.2, -0.15) is 0 Å². The molecule has 0 aliphatic heterocycles. The van der Waals surface area contributed by atoms with Crippen molar-refractivity contribution >= 4 is 11.6 Å². The number of hydrogen-bond acceptors (Lipinski definition) is 1. The van der Waals surface area contributed by atoms with Gasteiger partial charge < -0.3 is 5.32 Å². The fourth-order valence-corrected chi connectivity index (χ4v) is 3.06. The van der Waals surface area contributed by atoms with Crippen LogP contribution in [0.2, 0.25) is 5.02 Å². The maximum atomic E-state index is 6.12. The summed E-state index contributed by atoms with van der Waals surface area (Å²) in [4.78, 5) is 0. The lowest BCUT2D eigenvalue weighted by atomic mass is 9.90. The second kappa shape index (κ2) is 4.86. The van der Waals surface area contributed by atoms with Gasteiger partial charge in [0.2, 0.25) is 0 Å². The maximum Gasteiger partial charge on any atom is 0.0408 e. The van der Waals surface area contributed by atoms with Gasteiger partial charge in [0.1, 0.15) is 0 Å². The summed E-state index contributed by atoms with van der Waals surface area (Å²) in [6, 6.07) is 8.40. The van der Waals surface area contributed by atoms with Crippen LogP contribution in [0.5, 0.6) is 0 Å². The van der Waals surface area contributed by atoms with Crippen molar-refractivity contribution in [3.63, 3.8) is 0 Å². The zero-order chi connectivity index (χ0) is 13.4. The quantitative estimate of drug-likeness (QED) is 0.851. The molecule has 0 heterocycles. The van der Waals surface area contributed by atoms with E-state index in [1.807, 2.05) is 6.07 Å². The molecule has 18 heavy (non-hydrogen) atoms. The van der Waals surface area contributed by atoms with Crippen molar-refractivity contribution in [3.05, 3.63) is 34.9 Å². The molecule has 2 rings (SSSR count). The Labute approximate surface area is 116 Å². The molecule has 2 atom stereocenters. The van der Waals surface area contributed by atoms with E-state index in [1.54, 1.807) is 0 Å². The molecule has 1 N–H and O–H groups in total. The molecule has 0 saturated heterocycles. The lowest BCUT2D eigenvalue weighted by Gasteiger charge is -2.22. The Morgan fingerprint density at radius 2 is 2.11 bits per heavy atom. The van der Waals surface area contributed by atoms with E-state index in [-0.39, 0.29) is 5.54 Å². The van der Waals surface area contributed by atoms with Gasteiger partial charge in [0, 0.05) is 10.6 Å².